The summed E-state index contributed by atoms with van der Waals surface area (Å²) < 4.78 is 2.04. The lowest BCUT2D eigenvalue weighted by Crippen LogP contribution is -2.50. The molecular formula is C18H30N4O2. The van der Waals surface area contributed by atoms with Crippen LogP contribution < -0.4 is 0 Å². The van der Waals surface area contributed by atoms with Crippen LogP contribution in [0.3, 0.4) is 0 Å². The van der Waals surface area contributed by atoms with Gasteiger partial charge in [-0.15, -0.1) is 0 Å². The van der Waals surface area contributed by atoms with E-state index < -0.39 is 0 Å². The maximum Gasteiger partial charge on any atom is 0.274 e. The van der Waals surface area contributed by atoms with Crippen LogP contribution >= 0.6 is 0 Å². The summed E-state index contributed by atoms with van der Waals surface area (Å²) in [7, 11) is 0. The van der Waals surface area contributed by atoms with E-state index >= 15 is 0 Å². The highest BCUT2D eigenvalue weighted by atomic mass is 16.3. The first-order chi connectivity index (χ1) is 11.3. The fourth-order valence-corrected chi connectivity index (χ4v) is 3.38. The Morgan fingerprint density at radius 3 is 2.42 bits per heavy atom. The van der Waals surface area contributed by atoms with Crippen LogP contribution in [0.5, 0.6) is 0 Å². The molecule has 1 aliphatic heterocycles. The van der Waals surface area contributed by atoms with Gasteiger partial charge in [0.05, 0.1) is 11.6 Å². The van der Waals surface area contributed by atoms with E-state index in [0.29, 0.717) is 31.2 Å². The third-order valence-corrected chi connectivity index (χ3v) is 4.77. The molecule has 1 aliphatic carbocycles. The summed E-state index contributed by atoms with van der Waals surface area (Å²) >= 11 is 0. The molecule has 1 aromatic rings. The van der Waals surface area contributed by atoms with Crippen molar-refractivity contribution in [2.24, 2.45) is 0 Å². The Morgan fingerprint density at radius 2 is 1.92 bits per heavy atom. The third kappa shape index (κ3) is 3.81. The van der Waals surface area contributed by atoms with Crippen molar-refractivity contribution in [2.45, 2.75) is 58.1 Å². The van der Waals surface area contributed by atoms with Gasteiger partial charge in [-0.3, -0.25) is 14.4 Å². The Balaban J connectivity index is 1.70. The summed E-state index contributed by atoms with van der Waals surface area (Å²) in [6.45, 7) is 11.9. The van der Waals surface area contributed by atoms with Gasteiger partial charge in [0.15, 0.2) is 5.69 Å². The molecule has 6 nitrogen and oxygen atoms in total. The van der Waals surface area contributed by atoms with Crippen molar-refractivity contribution in [1.82, 2.24) is 19.6 Å². The molecule has 0 unspecified atom stereocenters. The minimum absolute atomic E-state index is 0.0385. The molecule has 0 bridgehead atoms. The van der Waals surface area contributed by atoms with Crippen molar-refractivity contribution in [3.05, 3.63) is 17.5 Å². The number of aliphatic hydroxyl groups excluding tert-OH is 1. The quantitative estimate of drug-likeness (QED) is 0.909. The molecule has 1 amide bonds. The van der Waals surface area contributed by atoms with Crippen LogP contribution in [0.15, 0.2) is 6.07 Å². The number of aliphatic hydroxyl groups is 1. The standard InChI is InChI=1S/C18H30N4O2/c1-13(23)12-20-7-9-21(10-8-20)17(24)15-11-16(14-5-6-14)22(19-15)18(2,3)4/h11,13-14,23H,5-10,12H2,1-4H3/t13-/m0/s1. The molecule has 0 spiro atoms. The van der Waals surface area contributed by atoms with E-state index in [0.717, 1.165) is 13.1 Å². The van der Waals surface area contributed by atoms with E-state index in [1.54, 1.807) is 6.92 Å². The number of aromatic nitrogens is 2. The average Bonchev–Trinajstić information content (AvgIpc) is 3.24. The van der Waals surface area contributed by atoms with Gasteiger partial charge in [0.1, 0.15) is 0 Å². The van der Waals surface area contributed by atoms with Crippen LogP contribution in [0.25, 0.3) is 0 Å². The van der Waals surface area contributed by atoms with Gasteiger partial charge in [0.25, 0.3) is 5.91 Å². The van der Waals surface area contributed by atoms with E-state index in [4.69, 9.17) is 0 Å². The summed E-state index contributed by atoms with van der Waals surface area (Å²) in [6, 6.07) is 2.01. The van der Waals surface area contributed by atoms with Crippen LogP contribution in [0.1, 0.15) is 62.6 Å². The third-order valence-electron chi connectivity index (χ3n) is 4.77. The molecule has 24 heavy (non-hydrogen) atoms. The van der Waals surface area contributed by atoms with Crippen molar-refractivity contribution in [1.29, 1.82) is 0 Å². The van der Waals surface area contributed by atoms with Gasteiger partial charge in [-0.2, -0.15) is 5.10 Å². The van der Waals surface area contributed by atoms with Crippen LogP contribution in [0, 0.1) is 0 Å². The number of amides is 1. The van der Waals surface area contributed by atoms with Crippen molar-refractivity contribution < 1.29 is 9.90 Å². The molecule has 0 radical (unpaired) electrons. The van der Waals surface area contributed by atoms with E-state index in [2.05, 4.69) is 30.8 Å². The highest BCUT2D eigenvalue weighted by Crippen LogP contribution is 2.41. The molecular weight excluding hydrogens is 304 g/mol. The Bertz CT molecular complexity index is 591. The number of hydrogen-bond donors (Lipinski definition) is 1. The fourth-order valence-electron chi connectivity index (χ4n) is 3.38. The van der Waals surface area contributed by atoms with Gasteiger partial charge in [0, 0.05) is 44.3 Å². The first kappa shape index (κ1) is 17.4. The summed E-state index contributed by atoms with van der Waals surface area (Å²) in [5.41, 5.74) is 1.68. The molecule has 2 heterocycles. The normalized spacial score (nSPS) is 21.1. The van der Waals surface area contributed by atoms with Crippen LogP contribution in [0.2, 0.25) is 0 Å². The monoisotopic (exact) mass is 334 g/mol. The molecule has 1 N–H and O–H groups in total. The molecule has 0 aromatic carbocycles. The van der Waals surface area contributed by atoms with E-state index in [1.807, 2.05) is 15.6 Å². The van der Waals surface area contributed by atoms with Crippen molar-refractivity contribution >= 4 is 5.91 Å². The Hall–Kier alpha value is -1.40. The minimum Gasteiger partial charge on any atom is -0.392 e. The fraction of sp³-hybridized carbons (Fsp3) is 0.778. The second-order valence-electron chi connectivity index (χ2n) is 8.25. The number of rotatable bonds is 4. The summed E-state index contributed by atoms with van der Waals surface area (Å²) in [5, 5.41) is 14.1. The zero-order valence-electron chi connectivity index (χ0n) is 15.3. The predicted octanol–water partition coefficient (Wildman–Crippen LogP) is 1.65. The lowest BCUT2D eigenvalue weighted by molar-refractivity contribution is 0.0548. The Morgan fingerprint density at radius 1 is 1.29 bits per heavy atom. The number of piperazine rings is 1. The summed E-state index contributed by atoms with van der Waals surface area (Å²) in [4.78, 5) is 16.9. The highest BCUT2D eigenvalue weighted by molar-refractivity contribution is 5.92. The van der Waals surface area contributed by atoms with Crippen LogP contribution in [-0.2, 0) is 5.54 Å². The van der Waals surface area contributed by atoms with Gasteiger partial charge in [0.2, 0.25) is 0 Å². The van der Waals surface area contributed by atoms with Crippen LogP contribution in [-0.4, -0.2) is 69.4 Å². The van der Waals surface area contributed by atoms with Crippen molar-refractivity contribution in [3.8, 4) is 0 Å². The number of nitrogens with zero attached hydrogens (tertiary/aromatic N) is 4. The number of hydrogen-bond acceptors (Lipinski definition) is 4. The molecule has 3 rings (SSSR count). The summed E-state index contributed by atoms with van der Waals surface area (Å²) in [6.07, 6.45) is 2.08. The van der Waals surface area contributed by atoms with E-state index in [9.17, 15) is 9.90 Å². The second kappa shape index (κ2) is 6.48. The Kier molecular flexibility index (Phi) is 4.71. The largest absolute Gasteiger partial charge is 0.392 e. The predicted molar refractivity (Wildman–Crippen MR) is 93.2 cm³/mol. The molecule has 6 heteroatoms. The SMILES string of the molecule is C[C@H](O)CN1CCN(C(=O)c2cc(C3CC3)n(C(C)(C)C)n2)CC1. The van der Waals surface area contributed by atoms with Crippen molar-refractivity contribution in [2.75, 3.05) is 32.7 Å². The van der Waals surface area contributed by atoms with E-state index in [-0.39, 0.29) is 17.6 Å². The lowest BCUT2D eigenvalue weighted by atomic mass is 10.1. The molecule has 1 aromatic heterocycles. The molecule has 134 valence electrons. The molecule has 2 aliphatic rings. The van der Waals surface area contributed by atoms with E-state index in [1.165, 1.54) is 18.5 Å². The lowest BCUT2D eigenvalue weighted by Gasteiger charge is -2.34. The maximum atomic E-state index is 12.8. The zero-order valence-corrected chi connectivity index (χ0v) is 15.3. The number of carbonyl (C=O) groups excluding carboxylic acids is 1. The number of β-amino-alcohol motifs (C(OH)–C–C–N with tert-alkyl or cyclic N) is 1. The minimum atomic E-state index is -0.323. The molecule has 1 saturated heterocycles. The number of carbonyl (C=O) groups is 1. The van der Waals surface area contributed by atoms with Gasteiger partial charge >= 0.3 is 0 Å². The topological polar surface area (TPSA) is 61.6 Å². The maximum absolute atomic E-state index is 12.8. The molecule has 1 saturated carbocycles. The zero-order chi connectivity index (χ0) is 17.5. The summed E-state index contributed by atoms with van der Waals surface area (Å²) in [5.74, 6) is 0.609. The molecule has 1 atom stereocenters. The van der Waals surface area contributed by atoms with Gasteiger partial charge in [-0.1, -0.05) is 0 Å². The highest BCUT2D eigenvalue weighted by Gasteiger charge is 2.33. The Labute approximate surface area is 144 Å². The van der Waals surface area contributed by atoms with Gasteiger partial charge in [-0.05, 0) is 46.6 Å². The van der Waals surface area contributed by atoms with Gasteiger partial charge < -0.3 is 10.0 Å². The van der Waals surface area contributed by atoms with Crippen LogP contribution in [0.4, 0.5) is 0 Å². The first-order valence-corrected chi connectivity index (χ1v) is 9.06. The first-order valence-electron chi connectivity index (χ1n) is 9.06. The molecule has 2 fully saturated rings. The second-order valence-corrected chi connectivity index (χ2v) is 8.25. The smallest absolute Gasteiger partial charge is 0.274 e. The average molecular weight is 334 g/mol. The van der Waals surface area contributed by atoms with Crippen molar-refractivity contribution in [3.63, 3.8) is 0 Å². The van der Waals surface area contributed by atoms with Gasteiger partial charge in [-0.25, -0.2) is 0 Å².